The normalized spacial score (nSPS) is 12.6. The Morgan fingerprint density at radius 2 is 1.94 bits per heavy atom. The Kier molecular flexibility index (Phi) is 5.11. The predicted molar refractivity (Wildman–Crippen MR) is 62.0 cm³/mol. The van der Waals surface area contributed by atoms with Gasteiger partial charge >= 0.3 is 6.18 Å². The Labute approximate surface area is 103 Å². The predicted octanol–water partition coefficient (Wildman–Crippen LogP) is 1.56. The largest absolute Gasteiger partial charge is 0.416 e. The first-order valence-electron chi connectivity index (χ1n) is 5.16. The first kappa shape index (κ1) is 14.5. The summed E-state index contributed by atoms with van der Waals surface area (Å²) in [5.41, 5.74) is 2.13. The van der Waals surface area contributed by atoms with E-state index in [0.717, 1.165) is 12.1 Å². The molecule has 1 aromatic carbocycles. The van der Waals surface area contributed by atoms with Crippen molar-refractivity contribution in [3.63, 3.8) is 0 Å². The number of rotatable bonds is 4. The maximum Gasteiger partial charge on any atom is 0.416 e. The average Bonchev–Trinajstić information content (AvgIpc) is 2.34. The van der Waals surface area contributed by atoms with Crippen LogP contribution in [0.5, 0.6) is 0 Å². The second-order valence-corrected chi connectivity index (χ2v) is 3.44. The number of ether oxygens (including phenoxy) is 1. The van der Waals surface area contributed by atoms with Crippen molar-refractivity contribution in [2.75, 3.05) is 20.3 Å². The number of halogens is 3. The number of amidine groups is 1. The number of nitrogens with zero attached hydrogens (tertiary/aromatic N) is 1. The van der Waals surface area contributed by atoms with Gasteiger partial charge in [0.05, 0.1) is 18.7 Å². The van der Waals surface area contributed by atoms with Crippen molar-refractivity contribution in [3.8, 4) is 0 Å². The number of hydrogen-bond acceptors (Lipinski definition) is 3. The fourth-order valence-electron chi connectivity index (χ4n) is 1.29. The van der Waals surface area contributed by atoms with Crippen LogP contribution in [-0.4, -0.2) is 26.1 Å². The van der Waals surface area contributed by atoms with Gasteiger partial charge in [-0.2, -0.15) is 13.2 Å². The second kappa shape index (κ2) is 6.36. The van der Waals surface area contributed by atoms with Gasteiger partial charge in [0.2, 0.25) is 0 Å². The molecular weight excluding hydrogens is 247 g/mol. The Morgan fingerprint density at radius 3 is 2.39 bits per heavy atom. The molecule has 0 aliphatic heterocycles. The molecule has 1 rings (SSSR count). The van der Waals surface area contributed by atoms with Crippen molar-refractivity contribution < 1.29 is 17.9 Å². The Hall–Kier alpha value is -1.60. The van der Waals surface area contributed by atoms with E-state index in [4.69, 9.17) is 10.6 Å². The van der Waals surface area contributed by atoms with Crippen LogP contribution in [0.25, 0.3) is 0 Å². The first-order chi connectivity index (χ1) is 8.49. The molecule has 0 radical (unpaired) electrons. The van der Waals surface area contributed by atoms with Crippen molar-refractivity contribution >= 4 is 5.84 Å². The van der Waals surface area contributed by atoms with Crippen LogP contribution in [0.2, 0.25) is 0 Å². The topological polar surface area (TPSA) is 59.6 Å². The van der Waals surface area contributed by atoms with Gasteiger partial charge in [-0.25, -0.2) is 5.84 Å². The van der Waals surface area contributed by atoms with Gasteiger partial charge in [0.15, 0.2) is 0 Å². The van der Waals surface area contributed by atoms with Gasteiger partial charge in [-0.3, -0.25) is 4.99 Å². The fraction of sp³-hybridized carbons (Fsp3) is 0.364. The highest BCUT2D eigenvalue weighted by atomic mass is 19.4. The molecule has 18 heavy (non-hydrogen) atoms. The Morgan fingerprint density at radius 1 is 1.33 bits per heavy atom. The number of hydrazine groups is 1. The van der Waals surface area contributed by atoms with Crippen molar-refractivity contribution in [1.82, 2.24) is 5.43 Å². The molecule has 0 bridgehead atoms. The van der Waals surface area contributed by atoms with Gasteiger partial charge in [-0.1, -0.05) is 12.1 Å². The number of alkyl halides is 3. The molecule has 1 aromatic rings. The molecule has 0 aromatic heterocycles. The van der Waals surface area contributed by atoms with Crippen LogP contribution >= 0.6 is 0 Å². The quantitative estimate of drug-likeness (QED) is 0.284. The van der Waals surface area contributed by atoms with E-state index in [2.05, 4.69) is 10.4 Å². The van der Waals surface area contributed by atoms with Gasteiger partial charge in [-0.15, -0.1) is 0 Å². The number of nitrogens with two attached hydrogens (primary N) is 1. The van der Waals surface area contributed by atoms with Crippen LogP contribution in [0.1, 0.15) is 11.1 Å². The number of nitrogens with one attached hydrogen (secondary N) is 1. The van der Waals surface area contributed by atoms with Crippen LogP contribution in [-0.2, 0) is 10.9 Å². The van der Waals surface area contributed by atoms with Gasteiger partial charge in [0.25, 0.3) is 0 Å². The molecular formula is C11H14F3N3O. The zero-order chi connectivity index (χ0) is 13.6. The third-order valence-corrected chi connectivity index (χ3v) is 2.19. The zero-order valence-corrected chi connectivity index (χ0v) is 9.79. The molecule has 100 valence electrons. The van der Waals surface area contributed by atoms with Crippen molar-refractivity contribution in [1.29, 1.82) is 0 Å². The lowest BCUT2D eigenvalue weighted by molar-refractivity contribution is -0.137. The molecule has 7 heteroatoms. The highest BCUT2D eigenvalue weighted by Crippen LogP contribution is 2.29. The summed E-state index contributed by atoms with van der Waals surface area (Å²) in [5.74, 6) is 5.59. The highest BCUT2D eigenvalue weighted by molar-refractivity contribution is 5.98. The molecule has 0 unspecified atom stereocenters. The van der Waals surface area contributed by atoms with Gasteiger partial charge in [0, 0.05) is 12.7 Å². The fourth-order valence-corrected chi connectivity index (χ4v) is 1.29. The molecule has 0 heterocycles. The Balaban J connectivity index is 2.85. The number of aliphatic imine (C=N–C) groups is 1. The van der Waals surface area contributed by atoms with Crippen molar-refractivity contribution in [3.05, 3.63) is 35.4 Å². The summed E-state index contributed by atoms with van der Waals surface area (Å²) >= 11 is 0. The molecule has 0 saturated heterocycles. The van der Waals surface area contributed by atoms with Crippen LogP contribution in [0.4, 0.5) is 13.2 Å². The number of methoxy groups -OCH3 is 1. The minimum absolute atomic E-state index is 0.320. The van der Waals surface area contributed by atoms with Crippen LogP contribution in [0.3, 0.4) is 0 Å². The summed E-state index contributed by atoms with van der Waals surface area (Å²) < 4.78 is 41.9. The lowest BCUT2D eigenvalue weighted by Crippen LogP contribution is -2.31. The van der Waals surface area contributed by atoms with E-state index in [9.17, 15) is 13.2 Å². The van der Waals surface area contributed by atoms with E-state index in [-0.39, 0.29) is 0 Å². The molecule has 0 aliphatic carbocycles. The van der Waals surface area contributed by atoms with Crippen LogP contribution in [0.15, 0.2) is 29.3 Å². The third kappa shape index (κ3) is 4.01. The SMILES string of the molecule is COCCN=C(NN)c1ccc(C(F)(F)F)cc1. The molecule has 0 amide bonds. The van der Waals surface area contributed by atoms with E-state index in [0.29, 0.717) is 24.6 Å². The Bertz CT molecular complexity index is 401. The van der Waals surface area contributed by atoms with Gasteiger partial charge in [-0.05, 0) is 12.1 Å². The maximum atomic E-state index is 12.4. The summed E-state index contributed by atoms with van der Waals surface area (Å²) in [7, 11) is 1.53. The molecule has 0 spiro atoms. The minimum atomic E-state index is -4.35. The molecule has 0 fully saturated rings. The van der Waals surface area contributed by atoms with Crippen molar-refractivity contribution in [2.24, 2.45) is 10.8 Å². The van der Waals surface area contributed by atoms with E-state index >= 15 is 0 Å². The number of hydrogen-bond donors (Lipinski definition) is 2. The summed E-state index contributed by atoms with van der Waals surface area (Å²) in [6.07, 6.45) is -4.35. The van der Waals surface area contributed by atoms with E-state index in [1.807, 2.05) is 0 Å². The first-order valence-corrected chi connectivity index (χ1v) is 5.16. The van der Waals surface area contributed by atoms with Crippen LogP contribution < -0.4 is 11.3 Å². The smallest absolute Gasteiger partial charge is 0.383 e. The zero-order valence-electron chi connectivity index (χ0n) is 9.79. The summed E-state index contributed by atoms with van der Waals surface area (Å²) in [5, 5.41) is 0. The maximum absolute atomic E-state index is 12.4. The minimum Gasteiger partial charge on any atom is -0.383 e. The lowest BCUT2D eigenvalue weighted by Gasteiger charge is -2.09. The monoisotopic (exact) mass is 261 g/mol. The van der Waals surface area contributed by atoms with E-state index in [1.54, 1.807) is 0 Å². The average molecular weight is 261 g/mol. The molecule has 0 atom stereocenters. The molecule has 3 N–H and O–H groups in total. The molecule has 0 saturated carbocycles. The summed E-state index contributed by atoms with van der Waals surface area (Å²) in [6, 6.07) is 4.60. The lowest BCUT2D eigenvalue weighted by atomic mass is 10.1. The van der Waals surface area contributed by atoms with Crippen molar-refractivity contribution in [2.45, 2.75) is 6.18 Å². The van der Waals surface area contributed by atoms with E-state index in [1.165, 1.54) is 19.2 Å². The van der Waals surface area contributed by atoms with E-state index < -0.39 is 11.7 Å². The number of benzene rings is 1. The van der Waals surface area contributed by atoms with Gasteiger partial charge in [0.1, 0.15) is 5.84 Å². The highest BCUT2D eigenvalue weighted by Gasteiger charge is 2.30. The third-order valence-electron chi connectivity index (χ3n) is 2.19. The molecule has 4 nitrogen and oxygen atoms in total. The standard InChI is InChI=1S/C11H14F3N3O/c1-18-7-6-16-10(17-15)8-2-4-9(5-3-8)11(12,13)14/h2-5H,6-7,15H2,1H3,(H,16,17). The molecule has 0 aliphatic rings. The summed E-state index contributed by atoms with van der Waals surface area (Å²) in [6.45, 7) is 0.781. The van der Waals surface area contributed by atoms with Gasteiger partial charge < -0.3 is 10.2 Å². The summed E-state index contributed by atoms with van der Waals surface area (Å²) in [4.78, 5) is 4.07. The van der Waals surface area contributed by atoms with Crippen LogP contribution in [0, 0.1) is 0 Å². The second-order valence-electron chi connectivity index (χ2n) is 3.44.